The first kappa shape index (κ1) is 12.8. The lowest BCUT2D eigenvalue weighted by molar-refractivity contribution is -0.108. The SMILES string of the molecule is O[C@@H](c1cccc(Cl)c1)C1(O)CCC(F)CC1. The molecule has 1 aliphatic rings. The summed E-state index contributed by atoms with van der Waals surface area (Å²) in [6.07, 6.45) is -0.707. The molecular formula is C13H16ClFO2. The second-order valence-corrected chi connectivity index (χ2v) is 5.17. The summed E-state index contributed by atoms with van der Waals surface area (Å²) >= 11 is 5.84. The van der Waals surface area contributed by atoms with Crippen LogP contribution >= 0.6 is 11.6 Å². The number of benzene rings is 1. The van der Waals surface area contributed by atoms with Crippen molar-refractivity contribution in [2.75, 3.05) is 0 Å². The van der Waals surface area contributed by atoms with Crippen LogP contribution in [0.15, 0.2) is 24.3 Å². The van der Waals surface area contributed by atoms with Crippen LogP contribution in [0.2, 0.25) is 5.02 Å². The minimum atomic E-state index is -1.23. The van der Waals surface area contributed by atoms with Crippen LogP contribution in [0.4, 0.5) is 4.39 Å². The second kappa shape index (κ2) is 4.92. The second-order valence-electron chi connectivity index (χ2n) is 4.74. The molecule has 0 radical (unpaired) electrons. The molecule has 1 fully saturated rings. The van der Waals surface area contributed by atoms with E-state index in [1.54, 1.807) is 24.3 Å². The maximum atomic E-state index is 13.0. The van der Waals surface area contributed by atoms with Crippen molar-refractivity contribution in [2.24, 2.45) is 0 Å². The molecule has 1 aromatic carbocycles. The maximum absolute atomic E-state index is 13.0. The monoisotopic (exact) mass is 258 g/mol. The van der Waals surface area contributed by atoms with Crippen LogP contribution in [0.1, 0.15) is 37.4 Å². The summed E-state index contributed by atoms with van der Waals surface area (Å²) in [4.78, 5) is 0. The van der Waals surface area contributed by atoms with Gasteiger partial charge in [-0.3, -0.25) is 0 Å². The van der Waals surface area contributed by atoms with Crippen LogP contribution in [0, 0.1) is 0 Å². The van der Waals surface area contributed by atoms with E-state index >= 15 is 0 Å². The number of halogens is 2. The third-order valence-electron chi connectivity index (χ3n) is 3.45. The van der Waals surface area contributed by atoms with Gasteiger partial charge < -0.3 is 10.2 Å². The fourth-order valence-corrected chi connectivity index (χ4v) is 2.54. The van der Waals surface area contributed by atoms with Crippen LogP contribution < -0.4 is 0 Å². The number of hydrogen-bond donors (Lipinski definition) is 2. The van der Waals surface area contributed by atoms with Crippen LogP contribution in [0.5, 0.6) is 0 Å². The molecule has 1 saturated carbocycles. The Labute approximate surface area is 105 Å². The van der Waals surface area contributed by atoms with Crippen LogP contribution in [0.3, 0.4) is 0 Å². The Balaban J connectivity index is 2.16. The highest BCUT2D eigenvalue weighted by molar-refractivity contribution is 6.30. The van der Waals surface area contributed by atoms with E-state index in [0.29, 0.717) is 23.4 Å². The molecule has 2 rings (SSSR count). The fraction of sp³-hybridized carbons (Fsp3) is 0.538. The number of aliphatic hydroxyl groups is 2. The lowest BCUT2D eigenvalue weighted by Gasteiger charge is -2.37. The zero-order valence-electron chi connectivity index (χ0n) is 9.44. The zero-order chi connectivity index (χ0) is 12.5. The van der Waals surface area contributed by atoms with Gasteiger partial charge in [0.05, 0.1) is 5.60 Å². The standard InChI is InChI=1S/C13H16ClFO2/c14-10-3-1-2-9(8-10)12(16)13(17)6-4-11(15)5-7-13/h1-3,8,11-12,16-17H,4-7H2/t11?,12-,13?/m0/s1. The van der Waals surface area contributed by atoms with Crippen molar-refractivity contribution in [3.05, 3.63) is 34.9 Å². The summed E-state index contributed by atoms with van der Waals surface area (Å²) in [5, 5.41) is 21.0. The molecule has 0 aliphatic heterocycles. The van der Waals surface area contributed by atoms with E-state index in [0.717, 1.165) is 0 Å². The molecule has 1 aromatic rings. The Hall–Kier alpha value is -0.640. The van der Waals surface area contributed by atoms with Crippen molar-refractivity contribution in [1.82, 2.24) is 0 Å². The van der Waals surface area contributed by atoms with E-state index in [-0.39, 0.29) is 12.8 Å². The number of aliphatic hydroxyl groups excluding tert-OH is 1. The maximum Gasteiger partial charge on any atom is 0.108 e. The summed E-state index contributed by atoms with van der Waals surface area (Å²) in [5.41, 5.74) is -0.648. The lowest BCUT2D eigenvalue weighted by atomic mass is 9.78. The normalized spacial score (nSPS) is 31.2. The molecule has 0 saturated heterocycles. The van der Waals surface area contributed by atoms with E-state index in [2.05, 4.69) is 0 Å². The Bertz CT molecular complexity index is 389. The van der Waals surface area contributed by atoms with Gasteiger partial charge in [0.2, 0.25) is 0 Å². The van der Waals surface area contributed by atoms with Crippen LogP contribution in [-0.2, 0) is 0 Å². The van der Waals surface area contributed by atoms with Gasteiger partial charge in [0.15, 0.2) is 0 Å². The molecule has 0 aromatic heterocycles. The Morgan fingerprint density at radius 1 is 1.35 bits per heavy atom. The third-order valence-corrected chi connectivity index (χ3v) is 3.69. The van der Waals surface area contributed by atoms with E-state index in [1.165, 1.54) is 0 Å². The molecule has 0 bridgehead atoms. The van der Waals surface area contributed by atoms with Crippen molar-refractivity contribution in [2.45, 2.75) is 43.6 Å². The predicted octanol–water partition coefficient (Wildman–Crippen LogP) is 3.02. The van der Waals surface area contributed by atoms with Gasteiger partial charge >= 0.3 is 0 Å². The van der Waals surface area contributed by atoms with Gasteiger partial charge in [-0.15, -0.1) is 0 Å². The Morgan fingerprint density at radius 2 is 2.00 bits per heavy atom. The van der Waals surface area contributed by atoms with Gasteiger partial charge in [-0.05, 0) is 43.4 Å². The van der Waals surface area contributed by atoms with E-state index < -0.39 is 17.9 Å². The topological polar surface area (TPSA) is 40.5 Å². The summed E-state index contributed by atoms with van der Waals surface area (Å²) in [6, 6.07) is 6.78. The van der Waals surface area contributed by atoms with E-state index in [4.69, 9.17) is 11.6 Å². The number of rotatable bonds is 2. The average Bonchev–Trinajstić information content (AvgIpc) is 2.32. The molecule has 0 spiro atoms. The molecule has 0 unspecified atom stereocenters. The van der Waals surface area contributed by atoms with Gasteiger partial charge in [0, 0.05) is 5.02 Å². The summed E-state index contributed by atoms with van der Waals surface area (Å²) in [6.45, 7) is 0. The van der Waals surface area contributed by atoms with Gasteiger partial charge in [0.25, 0.3) is 0 Å². The molecule has 1 aliphatic carbocycles. The number of alkyl halides is 1. The molecule has 2 N–H and O–H groups in total. The van der Waals surface area contributed by atoms with Gasteiger partial charge in [-0.1, -0.05) is 23.7 Å². The lowest BCUT2D eigenvalue weighted by Crippen LogP contribution is -2.40. The quantitative estimate of drug-likeness (QED) is 0.856. The molecular weight excluding hydrogens is 243 g/mol. The first-order valence-corrected chi connectivity index (χ1v) is 6.19. The highest BCUT2D eigenvalue weighted by atomic mass is 35.5. The van der Waals surface area contributed by atoms with Crippen molar-refractivity contribution >= 4 is 11.6 Å². The average molecular weight is 259 g/mol. The predicted molar refractivity (Wildman–Crippen MR) is 64.7 cm³/mol. The molecule has 17 heavy (non-hydrogen) atoms. The molecule has 94 valence electrons. The minimum absolute atomic E-state index is 0.280. The van der Waals surface area contributed by atoms with E-state index in [9.17, 15) is 14.6 Å². The van der Waals surface area contributed by atoms with Crippen molar-refractivity contribution in [1.29, 1.82) is 0 Å². The first-order valence-electron chi connectivity index (χ1n) is 5.81. The van der Waals surface area contributed by atoms with Crippen molar-refractivity contribution < 1.29 is 14.6 Å². The van der Waals surface area contributed by atoms with E-state index in [1.807, 2.05) is 0 Å². The summed E-state index contributed by atoms with van der Waals surface area (Å²) in [5.74, 6) is 0. The summed E-state index contributed by atoms with van der Waals surface area (Å²) in [7, 11) is 0. The molecule has 0 heterocycles. The molecule has 2 nitrogen and oxygen atoms in total. The Morgan fingerprint density at radius 3 is 2.59 bits per heavy atom. The molecule has 1 atom stereocenters. The number of hydrogen-bond acceptors (Lipinski definition) is 2. The first-order chi connectivity index (χ1) is 8.01. The van der Waals surface area contributed by atoms with Gasteiger partial charge in [0.1, 0.15) is 12.3 Å². The van der Waals surface area contributed by atoms with Crippen LogP contribution in [0.25, 0.3) is 0 Å². The molecule has 0 amide bonds. The van der Waals surface area contributed by atoms with Gasteiger partial charge in [-0.25, -0.2) is 4.39 Å². The zero-order valence-corrected chi connectivity index (χ0v) is 10.2. The minimum Gasteiger partial charge on any atom is -0.387 e. The smallest absolute Gasteiger partial charge is 0.108 e. The van der Waals surface area contributed by atoms with Crippen molar-refractivity contribution in [3.63, 3.8) is 0 Å². The van der Waals surface area contributed by atoms with Gasteiger partial charge in [-0.2, -0.15) is 0 Å². The highest BCUT2D eigenvalue weighted by Gasteiger charge is 2.40. The van der Waals surface area contributed by atoms with Crippen molar-refractivity contribution in [3.8, 4) is 0 Å². The van der Waals surface area contributed by atoms with Crippen LogP contribution in [-0.4, -0.2) is 22.0 Å². The molecule has 4 heteroatoms. The third kappa shape index (κ3) is 2.79. The Kier molecular flexibility index (Phi) is 3.71. The summed E-state index contributed by atoms with van der Waals surface area (Å²) < 4.78 is 13.0. The highest BCUT2D eigenvalue weighted by Crippen LogP contribution is 2.39. The fourth-order valence-electron chi connectivity index (χ4n) is 2.34. The largest absolute Gasteiger partial charge is 0.387 e.